The quantitative estimate of drug-likeness (QED) is 0.797. The molecule has 0 radical (unpaired) electrons. The van der Waals surface area contributed by atoms with E-state index in [4.69, 9.17) is 5.73 Å². The van der Waals surface area contributed by atoms with E-state index in [1.165, 1.54) is 6.07 Å². The van der Waals surface area contributed by atoms with Gasteiger partial charge in [-0.2, -0.15) is 0 Å². The summed E-state index contributed by atoms with van der Waals surface area (Å²) in [7, 11) is 0. The van der Waals surface area contributed by atoms with Crippen LogP contribution in [0.3, 0.4) is 0 Å². The lowest BCUT2D eigenvalue weighted by Crippen LogP contribution is -2.21. The molecule has 0 aromatic heterocycles. The molecule has 0 aliphatic heterocycles. The van der Waals surface area contributed by atoms with E-state index in [9.17, 15) is 4.39 Å². The van der Waals surface area contributed by atoms with E-state index in [1.54, 1.807) is 17.8 Å². The average molecular weight is 241 g/mol. The first kappa shape index (κ1) is 13.5. The smallest absolute Gasteiger partial charge is 0.123 e. The lowest BCUT2D eigenvalue weighted by atomic mass is 10.0. The van der Waals surface area contributed by atoms with Crippen molar-refractivity contribution in [2.45, 2.75) is 49.8 Å². The fourth-order valence-corrected chi connectivity index (χ4v) is 2.45. The van der Waals surface area contributed by atoms with Gasteiger partial charge in [-0.05, 0) is 36.6 Å². The minimum absolute atomic E-state index is 0.119. The van der Waals surface area contributed by atoms with E-state index in [1.807, 2.05) is 6.07 Å². The summed E-state index contributed by atoms with van der Waals surface area (Å²) in [5.74, 6) is -0.175. The maximum Gasteiger partial charge on any atom is 0.123 e. The SMILES string of the molecule is CCC(N)Cc1cc(F)ccc1SC(C)C. The number of thioether (sulfide) groups is 1. The van der Waals surface area contributed by atoms with Gasteiger partial charge in [0.05, 0.1) is 0 Å². The van der Waals surface area contributed by atoms with Crippen LogP contribution in [0.5, 0.6) is 0 Å². The molecule has 0 saturated carbocycles. The van der Waals surface area contributed by atoms with Crippen LogP contribution in [0.25, 0.3) is 0 Å². The Balaban J connectivity index is 2.89. The third-order valence-corrected chi connectivity index (χ3v) is 3.52. The monoisotopic (exact) mass is 241 g/mol. The Bertz CT molecular complexity index is 339. The predicted molar refractivity (Wildman–Crippen MR) is 69.4 cm³/mol. The van der Waals surface area contributed by atoms with Crippen LogP contribution >= 0.6 is 11.8 Å². The highest BCUT2D eigenvalue weighted by Crippen LogP contribution is 2.28. The van der Waals surface area contributed by atoms with Crippen LogP contribution in [0.1, 0.15) is 32.8 Å². The Morgan fingerprint density at radius 1 is 1.38 bits per heavy atom. The van der Waals surface area contributed by atoms with Gasteiger partial charge >= 0.3 is 0 Å². The van der Waals surface area contributed by atoms with Gasteiger partial charge < -0.3 is 5.73 Å². The molecular formula is C13H20FNS. The van der Waals surface area contributed by atoms with Gasteiger partial charge in [0, 0.05) is 16.2 Å². The lowest BCUT2D eigenvalue weighted by Gasteiger charge is -2.14. The molecule has 90 valence electrons. The molecule has 2 N–H and O–H groups in total. The minimum atomic E-state index is -0.175. The molecule has 0 aliphatic rings. The van der Waals surface area contributed by atoms with Crippen molar-refractivity contribution in [1.82, 2.24) is 0 Å². The van der Waals surface area contributed by atoms with Crippen LogP contribution in [-0.4, -0.2) is 11.3 Å². The molecule has 1 nitrogen and oxygen atoms in total. The Morgan fingerprint density at radius 2 is 2.06 bits per heavy atom. The first-order valence-corrected chi connectivity index (χ1v) is 6.61. The van der Waals surface area contributed by atoms with Gasteiger partial charge in [-0.25, -0.2) is 4.39 Å². The number of halogens is 1. The van der Waals surface area contributed by atoms with Gasteiger partial charge in [-0.3, -0.25) is 0 Å². The summed E-state index contributed by atoms with van der Waals surface area (Å²) in [5.41, 5.74) is 6.96. The van der Waals surface area contributed by atoms with Gasteiger partial charge in [0.25, 0.3) is 0 Å². The lowest BCUT2D eigenvalue weighted by molar-refractivity contribution is 0.609. The van der Waals surface area contributed by atoms with Gasteiger partial charge in [0.1, 0.15) is 5.82 Å². The van der Waals surface area contributed by atoms with Gasteiger partial charge in [0.15, 0.2) is 0 Å². The largest absolute Gasteiger partial charge is 0.327 e. The normalized spacial score (nSPS) is 13.1. The van der Waals surface area contributed by atoms with Crippen LogP contribution < -0.4 is 5.73 Å². The van der Waals surface area contributed by atoms with Crippen molar-refractivity contribution in [3.05, 3.63) is 29.6 Å². The molecule has 0 bridgehead atoms. The van der Waals surface area contributed by atoms with Crippen molar-refractivity contribution in [3.63, 3.8) is 0 Å². The maximum absolute atomic E-state index is 13.2. The number of benzene rings is 1. The third-order valence-electron chi connectivity index (χ3n) is 2.39. The van der Waals surface area contributed by atoms with Crippen molar-refractivity contribution < 1.29 is 4.39 Å². The van der Waals surface area contributed by atoms with E-state index in [0.717, 1.165) is 23.3 Å². The molecule has 0 fully saturated rings. The van der Waals surface area contributed by atoms with Crippen LogP contribution in [-0.2, 0) is 6.42 Å². The van der Waals surface area contributed by atoms with E-state index in [0.29, 0.717) is 5.25 Å². The van der Waals surface area contributed by atoms with Crippen LogP contribution in [0.2, 0.25) is 0 Å². The van der Waals surface area contributed by atoms with Crippen molar-refractivity contribution in [3.8, 4) is 0 Å². The number of nitrogens with two attached hydrogens (primary N) is 1. The fourth-order valence-electron chi connectivity index (χ4n) is 1.50. The Morgan fingerprint density at radius 3 is 2.62 bits per heavy atom. The summed E-state index contributed by atoms with van der Waals surface area (Å²) in [6, 6.07) is 5.11. The zero-order valence-electron chi connectivity index (χ0n) is 10.2. The second-order valence-corrected chi connectivity index (χ2v) is 5.91. The third kappa shape index (κ3) is 4.14. The molecule has 1 atom stereocenters. The maximum atomic E-state index is 13.2. The van der Waals surface area contributed by atoms with E-state index < -0.39 is 0 Å². The fraction of sp³-hybridized carbons (Fsp3) is 0.538. The molecule has 0 saturated heterocycles. The second kappa shape index (κ2) is 6.26. The number of hydrogen-bond donors (Lipinski definition) is 1. The molecular weight excluding hydrogens is 221 g/mol. The van der Waals surface area contributed by atoms with Gasteiger partial charge in [0.2, 0.25) is 0 Å². The minimum Gasteiger partial charge on any atom is -0.327 e. The highest BCUT2D eigenvalue weighted by molar-refractivity contribution is 8.00. The molecule has 1 rings (SSSR count). The molecule has 16 heavy (non-hydrogen) atoms. The van der Waals surface area contributed by atoms with E-state index >= 15 is 0 Å². The van der Waals surface area contributed by atoms with Crippen LogP contribution in [0.15, 0.2) is 23.1 Å². The van der Waals surface area contributed by atoms with Gasteiger partial charge in [-0.15, -0.1) is 11.8 Å². The molecule has 0 aliphatic carbocycles. The highest BCUT2D eigenvalue weighted by atomic mass is 32.2. The van der Waals surface area contributed by atoms with E-state index in [-0.39, 0.29) is 11.9 Å². The Labute approximate surface area is 102 Å². The summed E-state index contributed by atoms with van der Waals surface area (Å²) in [4.78, 5) is 1.15. The van der Waals surface area contributed by atoms with Crippen molar-refractivity contribution in [1.29, 1.82) is 0 Å². The first-order chi connectivity index (χ1) is 7.52. The van der Waals surface area contributed by atoms with E-state index in [2.05, 4.69) is 20.8 Å². The van der Waals surface area contributed by atoms with Crippen LogP contribution in [0, 0.1) is 5.82 Å². The zero-order chi connectivity index (χ0) is 12.1. The summed E-state index contributed by atoms with van der Waals surface area (Å²) in [6.07, 6.45) is 1.67. The van der Waals surface area contributed by atoms with Crippen molar-refractivity contribution in [2.75, 3.05) is 0 Å². The predicted octanol–water partition coefficient (Wildman–Crippen LogP) is 3.61. The molecule has 1 aromatic rings. The highest BCUT2D eigenvalue weighted by Gasteiger charge is 2.09. The molecule has 1 aromatic carbocycles. The Kier molecular flexibility index (Phi) is 5.29. The van der Waals surface area contributed by atoms with Crippen LogP contribution in [0.4, 0.5) is 4.39 Å². The number of hydrogen-bond acceptors (Lipinski definition) is 2. The van der Waals surface area contributed by atoms with Crippen molar-refractivity contribution in [2.24, 2.45) is 5.73 Å². The first-order valence-electron chi connectivity index (χ1n) is 5.73. The van der Waals surface area contributed by atoms with Gasteiger partial charge in [-0.1, -0.05) is 20.8 Å². The summed E-state index contributed by atoms with van der Waals surface area (Å²) in [5, 5.41) is 0.502. The summed E-state index contributed by atoms with van der Waals surface area (Å²) >= 11 is 1.76. The average Bonchev–Trinajstić information content (AvgIpc) is 2.21. The molecule has 0 heterocycles. The van der Waals surface area contributed by atoms with Crippen molar-refractivity contribution >= 4 is 11.8 Å². The molecule has 1 unspecified atom stereocenters. The molecule has 3 heteroatoms. The molecule has 0 spiro atoms. The summed E-state index contributed by atoms with van der Waals surface area (Å²) in [6.45, 7) is 6.33. The Hall–Kier alpha value is -0.540. The zero-order valence-corrected chi connectivity index (χ0v) is 11.0. The number of rotatable bonds is 5. The summed E-state index contributed by atoms with van der Waals surface area (Å²) < 4.78 is 13.2. The standard InChI is InChI=1S/C13H20FNS/c1-4-12(15)8-10-7-11(14)5-6-13(10)16-9(2)3/h5-7,9,12H,4,8,15H2,1-3H3. The topological polar surface area (TPSA) is 26.0 Å². The second-order valence-electron chi connectivity index (χ2n) is 4.29. The molecule has 0 amide bonds.